The third-order valence-electron chi connectivity index (χ3n) is 7.34. The number of fused-ring (bicyclic) bond motifs is 1. The van der Waals surface area contributed by atoms with E-state index >= 15 is 0 Å². The third kappa shape index (κ3) is 4.78. The van der Waals surface area contributed by atoms with E-state index in [9.17, 15) is 9.90 Å². The van der Waals surface area contributed by atoms with Crippen LogP contribution in [0, 0.1) is 11.3 Å². The highest BCUT2D eigenvalue weighted by Gasteiger charge is 2.39. The first-order chi connectivity index (χ1) is 16.8. The van der Waals surface area contributed by atoms with Gasteiger partial charge in [0, 0.05) is 11.6 Å². The van der Waals surface area contributed by atoms with E-state index in [4.69, 9.17) is 21.3 Å². The number of hydrogen-bond donors (Lipinski definition) is 2. The van der Waals surface area contributed by atoms with Gasteiger partial charge in [-0.2, -0.15) is 0 Å². The number of aromatic nitrogens is 2. The molecule has 1 aliphatic rings. The van der Waals surface area contributed by atoms with Crippen molar-refractivity contribution in [1.82, 2.24) is 9.97 Å². The van der Waals surface area contributed by atoms with Crippen LogP contribution >= 0.6 is 11.6 Å². The number of aliphatic carboxylic acids is 1. The van der Waals surface area contributed by atoms with Crippen LogP contribution in [0.4, 0.5) is 0 Å². The summed E-state index contributed by atoms with van der Waals surface area (Å²) in [4.78, 5) is 19.7. The zero-order valence-corrected chi connectivity index (χ0v) is 20.7. The quantitative estimate of drug-likeness (QED) is 0.293. The van der Waals surface area contributed by atoms with Crippen molar-refractivity contribution in [2.75, 3.05) is 0 Å². The van der Waals surface area contributed by atoms with E-state index in [1.807, 2.05) is 56.3 Å². The Hall–Kier alpha value is -3.31. The lowest BCUT2D eigenvalue weighted by molar-refractivity contribution is -0.151. The molecule has 0 aliphatic heterocycles. The van der Waals surface area contributed by atoms with Gasteiger partial charge in [0.05, 0.1) is 27.2 Å². The number of aromatic amines is 1. The van der Waals surface area contributed by atoms with Crippen LogP contribution in [-0.2, 0) is 4.79 Å². The molecule has 5 rings (SSSR count). The summed E-state index contributed by atoms with van der Waals surface area (Å²) in [7, 11) is 0. The molecule has 1 saturated carbocycles. The largest absolute Gasteiger partial charge is 0.481 e. The predicted octanol–water partition coefficient (Wildman–Crippen LogP) is 7.60. The maximum Gasteiger partial charge on any atom is 0.309 e. The minimum Gasteiger partial charge on any atom is -0.481 e. The number of nitrogens with one attached hydrogen (secondary N) is 1. The molecule has 6 heteroatoms. The second kappa shape index (κ2) is 9.38. The number of carbonyl (C=O) groups is 1. The molecule has 0 atom stereocenters. The van der Waals surface area contributed by atoms with E-state index in [0.29, 0.717) is 10.9 Å². The molecule has 1 aliphatic carbocycles. The van der Waals surface area contributed by atoms with Gasteiger partial charge in [-0.05, 0) is 62.6 Å². The number of benzene rings is 2. The number of halogens is 1. The number of ether oxygens (including phenoxy) is 1. The third-order valence-corrected chi connectivity index (χ3v) is 7.62. The maximum atomic E-state index is 11.6. The van der Waals surface area contributed by atoms with Crippen molar-refractivity contribution in [3.05, 3.63) is 71.8 Å². The highest BCUT2D eigenvalue weighted by Crippen LogP contribution is 2.40. The van der Waals surface area contributed by atoms with Crippen LogP contribution in [0.25, 0.3) is 33.4 Å². The van der Waals surface area contributed by atoms with Gasteiger partial charge in [-0.1, -0.05) is 66.2 Å². The van der Waals surface area contributed by atoms with Gasteiger partial charge in [-0.15, -0.1) is 0 Å². The van der Waals surface area contributed by atoms with E-state index in [-0.39, 0.29) is 12.0 Å². The first-order valence-electron chi connectivity index (χ1n) is 12.1. The Morgan fingerprint density at radius 3 is 2.26 bits per heavy atom. The molecule has 2 aromatic carbocycles. The van der Waals surface area contributed by atoms with E-state index in [2.05, 4.69) is 29.2 Å². The van der Waals surface area contributed by atoms with Crippen molar-refractivity contribution >= 4 is 28.6 Å². The molecule has 0 amide bonds. The van der Waals surface area contributed by atoms with Crippen molar-refractivity contribution in [3.8, 4) is 28.3 Å². The van der Waals surface area contributed by atoms with Crippen LogP contribution in [0.1, 0.15) is 39.5 Å². The van der Waals surface area contributed by atoms with E-state index in [1.54, 1.807) is 0 Å². The normalized spacial score (nSPS) is 18.5. The van der Waals surface area contributed by atoms with Crippen LogP contribution < -0.4 is 4.74 Å². The highest BCUT2D eigenvalue weighted by molar-refractivity contribution is 6.33. The zero-order valence-electron chi connectivity index (χ0n) is 19.9. The number of carboxylic acid groups (broad SMARTS) is 1. The molecule has 2 heterocycles. The Kier molecular flexibility index (Phi) is 6.28. The number of pyridine rings is 1. The molecule has 180 valence electrons. The molecule has 5 nitrogen and oxygen atoms in total. The van der Waals surface area contributed by atoms with Crippen molar-refractivity contribution in [1.29, 1.82) is 0 Å². The van der Waals surface area contributed by atoms with Crippen molar-refractivity contribution in [2.24, 2.45) is 11.3 Å². The Bertz CT molecular complexity index is 1340. The molecule has 2 N–H and O–H groups in total. The van der Waals surface area contributed by atoms with Crippen LogP contribution in [0.5, 0.6) is 5.88 Å². The summed E-state index contributed by atoms with van der Waals surface area (Å²) in [5.41, 5.74) is 4.93. The molecule has 4 aromatic rings. The predicted molar refractivity (Wildman–Crippen MR) is 140 cm³/mol. The molecule has 1 fully saturated rings. The van der Waals surface area contributed by atoms with Crippen LogP contribution in [-0.4, -0.2) is 27.1 Å². The van der Waals surface area contributed by atoms with Gasteiger partial charge < -0.3 is 14.8 Å². The summed E-state index contributed by atoms with van der Waals surface area (Å²) in [6, 6.07) is 22.3. The summed E-state index contributed by atoms with van der Waals surface area (Å²) < 4.78 is 6.23. The molecular weight excluding hydrogens is 460 g/mol. The Labute approximate surface area is 210 Å². The minimum absolute atomic E-state index is 0.0596. The number of H-pyrrole nitrogens is 1. The molecule has 0 saturated heterocycles. The summed E-state index contributed by atoms with van der Waals surface area (Å²) >= 11 is 6.61. The van der Waals surface area contributed by atoms with E-state index in [1.165, 1.54) is 5.56 Å². The lowest BCUT2D eigenvalue weighted by Crippen LogP contribution is -2.37. The van der Waals surface area contributed by atoms with Crippen molar-refractivity contribution < 1.29 is 14.6 Å². The second-order valence-electron chi connectivity index (χ2n) is 9.95. The fourth-order valence-electron chi connectivity index (χ4n) is 4.98. The van der Waals surface area contributed by atoms with Crippen LogP contribution in [0.15, 0.2) is 66.7 Å². The summed E-state index contributed by atoms with van der Waals surface area (Å²) in [5.74, 6) is 0.103. The minimum atomic E-state index is -0.731. The SMILES string of the molecule is CC(C)(C(=O)O)[C@H]1CC[C@H](Oc2cc3nc(-c4ccc(-c5ccccc5)cc4)c(Cl)cc3[nH]2)CC1. The van der Waals surface area contributed by atoms with Gasteiger partial charge in [0.25, 0.3) is 0 Å². The van der Waals surface area contributed by atoms with Crippen LogP contribution in [0.3, 0.4) is 0 Å². The molecular formula is C29H29ClN2O3. The average Bonchev–Trinajstić information content (AvgIpc) is 3.25. The van der Waals surface area contributed by atoms with Gasteiger partial charge in [-0.3, -0.25) is 4.79 Å². The highest BCUT2D eigenvalue weighted by atomic mass is 35.5. The molecule has 2 aromatic heterocycles. The van der Waals surface area contributed by atoms with E-state index in [0.717, 1.165) is 53.5 Å². The summed E-state index contributed by atoms with van der Waals surface area (Å²) in [5, 5.41) is 10.1. The van der Waals surface area contributed by atoms with Crippen molar-refractivity contribution in [2.45, 2.75) is 45.6 Å². The second-order valence-corrected chi connectivity index (χ2v) is 10.4. The Morgan fingerprint density at radius 1 is 0.971 bits per heavy atom. The zero-order chi connectivity index (χ0) is 24.6. The standard InChI is InChI=1S/C29H29ClN2O3/c1-29(2,28(33)34)21-12-14-22(15-13-21)35-26-17-25-24(31-26)16-23(30)27(32-25)20-10-8-19(9-11-20)18-6-4-3-5-7-18/h3-11,16-17,21-22,31H,12-15H2,1-2H3,(H,33,34)/t21-,22-. The molecule has 0 bridgehead atoms. The maximum absolute atomic E-state index is 11.6. The number of nitrogens with zero attached hydrogens (tertiary/aromatic N) is 1. The average molecular weight is 489 g/mol. The smallest absolute Gasteiger partial charge is 0.309 e. The molecule has 0 spiro atoms. The fraction of sp³-hybridized carbons (Fsp3) is 0.310. The van der Waals surface area contributed by atoms with Crippen molar-refractivity contribution in [3.63, 3.8) is 0 Å². The lowest BCUT2D eigenvalue weighted by atomic mass is 9.70. The van der Waals surface area contributed by atoms with Gasteiger partial charge in [0.15, 0.2) is 5.88 Å². The Morgan fingerprint density at radius 2 is 1.60 bits per heavy atom. The fourth-order valence-corrected chi connectivity index (χ4v) is 5.24. The lowest BCUT2D eigenvalue weighted by Gasteiger charge is -2.36. The molecule has 0 radical (unpaired) electrons. The van der Waals surface area contributed by atoms with Gasteiger partial charge in [-0.25, -0.2) is 4.98 Å². The van der Waals surface area contributed by atoms with E-state index < -0.39 is 11.4 Å². The van der Waals surface area contributed by atoms with Gasteiger partial charge >= 0.3 is 5.97 Å². The topological polar surface area (TPSA) is 75.2 Å². The number of hydrogen-bond acceptors (Lipinski definition) is 3. The summed E-state index contributed by atoms with van der Waals surface area (Å²) in [6.45, 7) is 3.64. The number of rotatable bonds is 6. The number of carboxylic acids is 1. The molecule has 35 heavy (non-hydrogen) atoms. The van der Waals surface area contributed by atoms with Gasteiger partial charge in [0.2, 0.25) is 0 Å². The summed E-state index contributed by atoms with van der Waals surface area (Å²) in [6.07, 6.45) is 3.42. The first kappa shape index (κ1) is 23.4. The Balaban J connectivity index is 1.31. The monoisotopic (exact) mass is 488 g/mol. The molecule has 0 unspecified atom stereocenters. The van der Waals surface area contributed by atoms with Crippen LogP contribution in [0.2, 0.25) is 5.02 Å². The van der Waals surface area contributed by atoms with Gasteiger partial charge in [0.1, 0.15) is 6.10 Å². The first-order valence-corrected chi connectivity index (χ1v) is 12.4.